The Bertz CT molecular complexity index is 431. The number of nitrogens with two attached hydrogens (primary N) is 1. The molecule has 1 rings (SSSR count). The summed E-state index contributed by atoms with van der Waals surface area (Å²) in [6, 6.07) is 3.26. The van der Waals surface area contributed by atoms with Gasteiger partial charge >= 0.3 is 12.1 Å². The van der Waals surface area contributed by atoms with E-state index in [9.17, 15) is 18.0 Å². The molecule has 3 N–H and O–H groups in total. The molecule has 0 amide bonds. The Morgan fingerprint density at radius 1 is 1.47 bits per heavy atom. The maximum atomic E-state index is 12.2. The van der Waals surface area contributed by atoms with E-state index in [0.717, 1.165) is 25.1 Å². The minimum atomic E-state index is -4.50. The lowest BCUT2D eigenvalue weighted by atomic mass is 10.2. The average Bonchev–Trinajstić information content (AvgIpc) is 2.19. The summed E-state index contributed by atoms with van der Waals surface area (Å²) >= 11 is 0. The highest BCUT2D eigenvalue weighted by Crippen LogP contribution is 2.29. The van der Waals surface area contributed by atoms with Crippen molar-refractivity contribution < 1.29 is 27.8 Å². The molecule has 94 valence electrons. The molecule has 0 aliphatic carbocycles. The van der Waals surface area contributed by atoms with Crippen molar-refractivity contribution in [2.24, 2.45) is 0 Å². The van der Waals surface area contributed by atoms with Gasteiger partial charge in [0.15, 0.2) is 6.10 Å². The average molecular weight is 249 g/mol. The molecule has 1 atom stereocenters. The predicted octanol–water partition coefficient (Wildman–Crippen LogP) is 2.30. The third-order valence-corrected chi connectivity index (χ3v) is 2.02. The van der Waals surface area contributed by atoms with Crippen LogP contribution in [-0.2, 0) is 0 Å². The van der Waals surface area contributed by atoms with E-state index in [2.05, 4.69) is 4.74 Å². The van der Waals surface area contributed by atoms with E-state index in [0.29, 0.717) is 0 Å². The summed E-state index contributed by atoms with van der Waals surface area (Å²) in [6.07, 6.45) is -6.52. The Hall–Kier alpha value is -1.92. The molecular formula is C10H10F3NO3. The largest absolute Gasteiger partial charge is 0.479 e. The molecule has 0 aromatic heterocycles. The number of aromatic carboxylic acids is 1. The van der Waals surface area contributed by atoms with Gasteiger partial charge in [0.05, 0.1) is 11.3 Å². The van der Waals surface area contributed by atoms with Crippen LogP contribution < -0.4 is 10.5 Å². The van der Waals surface area contributed by atoms with Crippen molar-refractivity contribution in [1.82, 2.24) is 0 Å². The highest BCUT2D eigenvalue weighted by atomic mass is 19.4. The SMILES string of the molecule is CC(Oc1ccc(C(=O)O)cc1N)C(F)(F)F. The Morgan fingerprint density at radius 3 is 2.47 bits per heavy atom. The van der Waals surface area contributed by atoms with E-state index in [1.807, 2.05) is 0 Å². The van der Waals surface area contributed by atoms with Gasteiger partial charge in [-0.15, -0.1) is 0 Å². The zero-order chi connectivity index (χ0) is 13.2. The van der Waals surface area contributed by atoms with E-state index < -0.39 is 18.2 Å². The summed E-state index contributed by atoms with van der Waals surface area (Å²) in [6.45, 7) is 0.838. The molecule has 1 aromatic rings. The lowest BCUT2D eigenvalue weighted by molar-refractivity contribution is -0.189. The predicted molar refractivity (Wildman–Crippen MR) is 54.0 cm³/mol. The van der Waals surface area contributed by atoms with Crippen molar-refractivity contribution in [3.05, 3.63) is 23.8 Å². The van der Waals surface area contributed by atoms with E-state index >= 15 is 0 Å². The fraction of sp³-hybridized carbons (Fsp3) is 0.300. The second kappa shape index (κ2) is 4.52. The summed E-state index contributed by atoms with van der Waals surface area (Å²) in [5.74, 6) is -1.41. The topological polar surface area (TPSA) is 72.5 Å². The normalized spacial score (nSPS) is 13.2. The highest BCUT2D eigenvalue weighted by molar-refractivity contribution is 5.89. The number of hydrogen-bond acceptors (Lipinski definition) is 3. The zero-order valence-electron chi connectivity index (χ0n) is 8.78. The standard InChI is InChI=1S/C10H10F3NO3/c1-5(10(11,12)13)17-8-3-2-6(9(15)16)4-7(8)14/h2-5H,14H2,1H3,(H,15,16). The van der Waals surface area contributed by atoms with Crippen LogP contribution in [0.5, 0.6) is 5.75 Å². The summed E-state index contributed by atoms with van der Waals surface area (Å²) in [5, 5.41) is 8.63. The minimum absolute atomic E-state index is 0.116. The van der Waals surface area contributed by atoms with E-state index in [-0.39, 0.29) is 17.0 Å². The van der Waals surface area contributed by atoms with Crippen LogP contribution in [0.3, 0.4) is 0 Å². The van der Waals surface area contributed by atoms with Gasteiger partial charge in [-0.25, -0.2) is 4.79 Å². The van der Waals surface area contributed by atoms with Crippen molar-refractivity contribution >= 4 is 11.7 Å². The number of halogens is 3. The number of benzene rings is 1. The van der Waals surface area contributed by atoms with Gasteiger partial charge < -0.3 is 15.6 Å². The van der Waals surface area contributed by atoms with Gasteiger partial charge in [0.1, 0.15) is 5.75 Å². The van der Waals surface area contributed by atoms with Gasteiger partial charge in [-0.3, -0.25) is 0 Å². The van der Waals surface area contributed by atoms with Crippen molar-refractivity contribution in [1.29, 1.82) is 0 Å². The number of ether oxygens (including phenoxy) is 1. The van der Waals surface area contributed by atoms with Gasteiger partial charge in [-0.05, 0) is 25.1 Å². The molecule has 0 saturated carbocycles. The monoisotopic (exact) mass is 249 g/mol. The summed E-state index contributed by atoms with van der Waals surface area (Å²) in [7, 11) is 0. The van der Waals surface area contributed by atoms with E-state index in [1.54, 1.807) is 0 Å². The fourth-order valence-corrected chi connectivity index (χ4v) is 1.05. The van der Waals surface area contributed by atoms with Gasteiger partial charge in [-0.2, -0.15) is 13.2 Å². The summed E-state index contributed by atoms with van der Waals surface area (Å²) < 4.78 is 41.2. The molecule has 0 heterocycles. The van der Waals surface area contributed by atoms with Crippen LogP contribution in [0, 0.1) is 0 Å². The summed E-state index contributed by atoms with van der Waals surface area (Å²) in [5.41, 5.74) is 5.13. The Labute approximate surface area is 94.8 Å². The molecule has 0 spiro atoms. The van der Waals surface area contributed by atoms with Crippen molar-refractivity contribution in [3.63, 3.8) is 0 Å². The molecule has 17 heavy (non-hydrogen) atoms. The molecule has 0 radical (unpaired) electrons. The number of hydrogen-bond donors (Lipinski definition) is 2. The number of carboxylic acids is 1. The van der Waals surface area contributed by atoms with Crippen molar-refractivity contribution in [2.45, 2.75) is 19.2 Å². The summed E-state index contributed by atoms with van der Waals surface area (Å²) in [4.78, 5) is 10.6. The third kappa shape index (κ3) is 3.27. The Kier molecular flexibility index (Phi) is 3.50. The first-order valence-corrected chi connectivity index (χ1v) is 4.58. The molecule has 0 saturated heterocycles. The van der Waals surface area contributed by atoms with Crippen LogP contribution >= 0.6 is 0 Å². The van der Waals surface area contributed by atoms with E-state index in [1.165, 1.54) is 0 Å². The lowest BCUT2D eigenvalue weighted by Crippen LogP contribution is -2.31. The van der Waals surface area contributed by atoms with Crippen LogP contribution in [0.25, 0.3) is 0 Å². The smallest absolute Gasteiger partial charge is 0.425 e. The maximum absolute atomic E-state index is 12.2. The molecule has 0 fully saturated rings. The molecule has 7 heteroatoms. The number of nitrogen functional groups attached to an aromatic ring is 1. The van der Waals surface area contributed by atoms with Crippen molar-refractivity contribution in [2.75, 3.05) is 5.73 Å². The first-order chi connectivity index (χ1) is 7.71. The quantitative estimate of drug-likeness (QED) is 0.806. The molecule has 4 nitrogen and oxygen atoms in total. The highest BCUT2D eigenvalue weighted by Gasteiger charge is 2.38. The molecule has 0 aliphatic rings. The Balaban J connectivity index is 2.90. The van der Waals surface area contributed by atoms with Crippen LogP contribution in [0.1, 0.15) is 17.3 Å². The van der Waals surface area contributed by atoms with Crippen LogP contribution in [0.4, 0.5) is 18.9 Å². The maximum Gasteiger partial charge on any atom is 0.425 e. The first kappa shape index (κ1) is 13.1. The molecule has 0 bridgehead atoms. The molecule has 1 unspecified atom stereocenters. The van der Waals surface area contributed by atoms with E-state index in [4.69, 9.17) is 10.8 Å². The van der Waals surface area contributed by atoms with Crippen LogP contribution in [0.15, 0.2) is 18.2 Å². The molecular weight excluding hydrogens is 239 g/mol. The Morgan fingerprint density at radius 2 is 2.06 bits per heavy atom. The number of carbonyl (C=O) groups is 1. The number of anilines is 1. The van der Waals surface area contributed by atoms with Gasteiger partial charge in [0.25, 0.3) is 0 Å². The van der Waals surface area contributed by atoms with Crippen molar-refractivity contribution in [3.8, 4) is 5.75 Å². The number of alkyl halides is 3. The minimum Gasteiger partial charge on any atom is -0.479 e. The van der Waals surface area contributed by atoms with Crippen LogP contribution in [0.2, 0.25) is 0 Å². The van der Waals surface area contributed by atoms with Gasteiger partial charge in [0.2, 0.25) is 0 Å². The lowest BCUT2D eigenvalue weighted by Gasteiger charge is -2.18. The number of carboxylic acid groups (broad SMARTS) is 1. The van der Waals surface area contributed by atoms with Gasteiger partial charge in [0, 0.05) is 0 Å². The zero-order valence-corrected chi connectivity index (χ0v) is 8.78. The second-order valence-corrected chi connectivity index (χ2v) is 3.36. The molecule has 1 aromatic carbocycles. The molecule has 0 aliphatic heterocycles. The fourth-order valence-electron chi connectivity index (χ4n) is 1.05. The number of rotatable bonds is 3. The second-order valence-electron chi connectivity index (χ2n) is 3.36. The third-order valence-electron chi connectivity index (χ3n) is 2.02. The first-order valence-electron chi connectivity index (χ1n) is 4.58. The van der Waals surface area contributed by atoms with Crippen LogP contribution in [-0.4, -0.2) is 23.4 Å². The van der Waals surface area contributed by atoms with Gasteiger partial charge in [-0.1, -0.05) is 0 Å².